The predicted octanol–water partition coefficient (Wildman–Crippen LogP) is 3.78. The van der Waals surface area contributed by atoms with Crippen LogP contribution in [0.1, 0.15) is 11.3 Å². The van der Waals surface area contributed by atoms with Gasteiger partial charge in [0.1, 0.15) is 11.6 Å². The second-order valence-electron chi connectivity index (χ2n) is 5.74. The molecule has 2 aromatic carbocycles. The van der Waals surface area contributed by atoms with Crippen LogP contribution in [0.15, 0.2) is 54.6 Å². The molecule has 3 N–H and O–H groups in total. The van der Waals surface area contributed by atoms with Gasteiger partial charge in [-0.1, -0.05) is 48.5 Å². The molecule has 0 radical (unpaired) electrons. The summed E-state index contributed by atoms with van der Waals surface area (Å²) >= 11 is 0. The Kier molecular flexibility index (Phi) is 4.07. The number of anilines is 1. The Morgan fingerprint density at radius 3 is 2.46 bits per heavy atom. The quantitative estimate of drug-likeness (QED) is 0.588. The summed E-state index contributed by atoms with van der Waals surface area (Å²) < 4.78 is 5.17. The third-order valence-corrected chi connectivity index (χ3v) is 4.06. The van der Waals surface area contributed by atoms with Gasteiger partial charge in [0.2, 0.25) is 0 Å². The number of nitrogen functional groups attached to an aromatic ring is 1. The van der Waals surface area contributed by atoms with Gasteiger partial charge in [0, 0.05) is 5.56 Å². The first kappa shape index (κ1) is 15.8. The van der Waals surface area contributed by atoms with Gasteiger partial charge in [0.05, 0.1) is 18.2 Å². The molecule has 0 spiro atoms. The molecule has 4 aromatic rings. The monoisotopic (exact) mass is 343 g/mol. The van der Waals surface area contributed by atoms with Gasteiger partial charge >= 0.3 is 0 Å². The molecule has 0 bridgehead atoms. The van der Waals surface area contributed by atoms with Gasteiger partial charge in [0.15, 0.2) is 11.5 Å². The molecule has 128 valence electrons. The van der Waals surface area contributed by atoms with Crippen LogP contribution in [0, 0.1) is 0 Å². The lowest BCUT2D eigenvalue weighted by molar-refractivity contribution is 0.415. The van der Waals surface area contributed by atoms with Crippen molar-refractivity contribution in [3.8, 4) is 17.1 Å². The zero-order valence-electron chi connectivity index (χ0n) is 14.2. The molecule has 6 nitrogen and oxygen atoms in total. The standard InChI is InChI=1S/C20H17N5O/c1-26-15-10-7-13(8-11-15)9-12-16-17-18(21)22-19(23-20(17)25-24-16)14-5-3-2-4-6-14/h2-12H,1H3,(H3,21,22,23,24,25)/b12-9+. The van der Waals surface area contributed by atoms with Crippen LogP contribution in [0.3, 0.4) is 0 Å². The lowest BCUT2D eigenvalue weighted by Gasteiger charge is -2.02. The topological polar surface area (TPSA) is 89.7 Å². The van der Waals surface area contributed by atoms with Crippen molar-refractivity contribution >= 4 is 29.0 Å². The fourth-order valence-electron chi connectivity index (χ4n) is 2.71. The van der Waals surface area contributed by atoms with Gasteiger partial charge in [0.25, 0.3) is 0 Å². The van der Waals surface area contributed by atoms with Crippen molar-refractivity contribution in [2.45, 2.75) is 0 Å². The molecule has 0 aliphatic heterocycles. The molecular weight excluding hydrogens is 326 g/mol. The van der Waals surface area contributed by atoms with Crippen molar-refractivity contribution in [1.29, 1.82) is 0 Å². The van der Waals surface area contributed by atoms with E-state index in [0.717, 1.165) is 28.0 Å². The van der Waals surface area contributed by atoms with Crippen LogP contribution in [-0.2, 0) is 0 Å². The average molecular weight is 343 g/mol. The smallest absolute Gasteiger partial charge is 0.187 e. The Hall–Kier alpha value is -3.67. The van der Waals surface area contributed by atoms with Crippen molar-refractivity contribution in [2.75, 3.05) is 12.8 Å². The van der Waals surface area contributed by atoms with Crippen LogP contribution in [0.4, 0.5) is 5.82 Å². The maximum Gasteiger partial charge on any atom is 0.187 e. The number of hydrogen-bond donors (Lipinski definition) is 2. The summed E-state index contributed by atoms with van der Waals surface area (Å²) in [5.41, 5.74) is 9.44. The predicted molar refractivity (Wildman–Crippen MR) is 103 cm³/mol. The molecule has 26 heavy (non-hydrogen) atoms. The van der Waals surface area contributed by atoms with Gasteiger partial charge in [-0.05, 0) is 23.8 Å². The van der Waals surface area contributed by atoms with E-state index < -0.39 is 0 Å². The summed E-state index contributed by atoms with van der Waals surface area (Å²) in [5, 5.41) is 7.98. The lowest BCUT2D eigenvalue weighted by atomic mass is 10.1. The zero-order valence-corrected chi connectivity index (χ0v) is 14.2. The summed E-state index contributed by atoms with van der Waals surface area (Å²) in [6, 6.07) is 17.5. The second-order valence-corrected chi connectivity index (χ2v) is 5.74. The Bertz CT molecular complexity index is 1070. The summed E-state index contributed by atoms with van der Waals surface area (Å²) in [7, 11) is 1.65. The number of nitrogens with one attached hydrogen (secondary N) is 1. The minimum Gasteiger partial charge on any atom is -0.497 e. The van der Waals surface area contributed by atoms with Crippen molar-refractivity contribution in [1.82, 2.24) is 20.2 Å². The zero-order chi connectivity index (χ0) is 17.9. The van der Waals surface area contributed by atoms with Crippen LogP contribution in [0.25, 0.3) is 34.6 Å². The molecule has 4 rings (SSSR count). The molecule has 2 aromatic heterocycles. The number of methoxy groups -OCH3 is 1. The van der Waals surface area contributed by atoms with Crippen molar-refractivity contribution < 1.29 is 4.74 Å². The van der Waals surface area contributed by atoms with E-state index in [4.69, 9.17) is 10.5 Å². The third-order valence-electron chi connectivity index (χ3n) is 4.06. The largest absolute Gasteiger partial charge is 0.497 e. The number of fused-ring (bicyclic) bond motifs is 1. The van der Waals surface area contributed by atoms with E-state index in [1.807, 2.05) is 66.7 Å². The number of rotatable bonds is 4. The number of aromatic nitrogens is 4. The molecule has 0 fully saturated rings. The number of H-pyrrole nitrogens is 1. The number of hydrogen-bond acceptors (Lipinski definition) is 5. The first-order valence-corrected chi connectivity index (χ1v) is 8.14. The molecule has 2 heterocycles. The Morgan fingerprint density at radius 1 is 0.962 bits per heavy atom. The summed E-state index contributed by atoms with van der Waals surface area (Å²) in [6.07, 6.45) is 3.88. The Balaban J connectivity index is 1.69. The lowest BCUT2D eigenvalue weighted by Crippen LogP contribution is -1.97. The Morgan fingerprint density at radius 2 is 1.73 bits per heavy atom. The van der Waals surface area contributed by atoms with E-state index >= 15 is 0 Å². The van der Waals surface area contributed by atoms with E-state index in [-0.39, 0.29) is 0 Å². The molecule has 0 aliphatic rings. The maximum absolute atomic E-state index is 6.18. The molecule has 0 atom stereocenters. The fraction of sp³-hybridized carbons (Fsp3) is 0.0500. The highest BCUT2D eigenvalue weighted by atomic mass is 16.5. The highest BCUT2D eigenvalue weighted by Gasteiger charge is 2.12. The van der Waals surface area contributed by atoms with E-state index in [1.165, 1.54) is 0 Å². The minimum absolute atomic E-state index is 0.400. The normalized spacial score (nSPS) is 11.3. The van der Waals surface area contributed by atoms with E-state index in [2.05, 4.69) is 20.2 Å². The fourth-order valence-corrected chi connectivity index (χ4v) is 2.71. The average Bonchev–Trinajstić information content (AvgIpc) is 3.11. The summed E-state index contributed by atoms with van der Waals surface area (Å²) in [5.74, 6) is 1.78. The molecule has 6 heteroatoms. The van der Waals surface area contributed by atoms with Crippen molar-refractivity contribution in [3.05, 3.63) is 65.9 Å². The molecule has 0 saturated heterocycles. The summed E-state index contributed by atoms with van der Waals surface area (Å²) in [4.78, 5) is 8.96. The highest BCUT2D eigenvalue weighted by molar-refractivity contribution is 5.95. The van der Waals surface area contributed by atoms with Gasteiger partial charge in [-0.2, -0.15) is 5.10 Å². The van der Waals surface area contributed by atoms with Crippen LogP contribution in [0.5, 0.6) is 5.75 Å². The van der Waals surface area contributed by atoms with Crippen LogP contribution in [-0.4, -0.2) is 27.3 Å². The minimum atomic E-state index is 0.400. The third kappa shape index (κ3) is 3.00. The molecule has 0 saturated carbocycles. The van der Waals surface area contributed by atoms with E-state index in [1.54, 1.807) is 7.11 Å². The second kappa shape index (κ2) is 6.68. The van der Waals surface area contributed by atoms with Crippen LogP contribution < -0.4 is 10.5 Å². The number of nitrogens with zero attached hydrogens (tertiary/aromatic N) is 3. The highest BCUT2D eigenvalue weighted by Crippen LogP contribution is 2.25. The number of aromatic amines is 1. The first-order chi connectivity index (χ1) is 12.7. The SMILES string of the molecule is COc1ccc(/C=C/c2[nH]nc3nc(-c4ccccc4)nc(N)c23)cc1. The van der Waals surface area contributed by atoms with Crippen molar-refractivity contribution in [2.24, 2.45) is 0 Å². The van der Waals surface area contributed by atoms with E-state index in [0.29, 0.717) is 17.3 Å². The number of benzene rings is 2. The molecule has 0 unspecified atom stereocenters. The first-order valence-electron chi connectivity index (χ1n) is 8.14. The molecule has 0 aliphatic carbocycles. The van der Waals surface area contributed by atoms with Gasteiger partial charge in [-0.25, -0.2) is 9.97 Å². The number of nitrogens with two attached hydrogens (primary N) is 1. The maximum atomic E-state index is 6.18. The number of ether oxygens (including phenoxy) is 1. The molecular formula is C20H17N5O. The van der Waals surface area contributed by atoms with Crippen molar-refractivity contribution in [3.63, 3.8) is 0 Å². The van der Waals surface area contributed by atoms with Gasteiger partial charge in [-0.15, -0.1) is 0 Å². The summed E-state index contributed by atoms with van der Waals surface area (Å²) in [6.45, 7) is 0. The van der Waals surface area contributed by atoms with E-state index in [9.17, 15) is 0 Å². The molecule has 0 amide bonds. The van der Waals surface area contributed by atoms with Crippen LogP contribution >= 0.6 is 0 Å². The van der Waals surface area contributed by atoms with Crippen LogP contribution in [0.2, 0.25) is 0 Å². The van der Waals surface area contributed by atoms with Gasteiger partial charge in [-0.3, -0.25) is 5.10 Å². The Labute approximate surface area is 150 Å². The van der Waals surface area contributed by atoms with Gasteiger partial charge < -0.3 is 10.5 Å².